The Morgan fingerprint density at radius 2 is 1.94 bits per heavy atom. The average molecular weight is 466 g/mol. The molecule has 0 unspecified atom stereocenters. The van der Waals surface area contributed by atoms with E-state index in [9.17, 15) is 14.0 Å². The number of esters is 1. The summed E-state index contributed by atoms with van der Waals surface area (Å²) in [4.78, 5) is 32.2. The fourth-order valence-corrected chi connectivity index (χ4v) is 3.75. The minimum atomic E-state index is -1.09. The lowest BCUT2D eigenvalue weighted by molar-refractivity contribution is -0.151. The maximum absolute atomic E-state index is 13.1. The molecular weight excluding hydrogens is 429 g/mol. The van der Waals surface area contributed by atoms with Gasteiger partial charge in [0.25, 0.3) is 5.91 Å². The Morgan fingerprint density at radius 1 is 1.21 bits per heavy atom. The molecule has 0 atom stereocenters. The van der Waals surface area contributed by atoms with E-state index in [0.29, 0.717) is 57.4 Å². The summed E-state index contributed by atoms with van der Waals surface area (Å²) in [7, 11) is 0. The van der Waals surface area contributed by atoms with Crippen molar-refractivity contribution >= 4 is 17.6 Å². The molecule has 2 heterocycles. The predicted octanol–water partition coefficient (Wildman–Crippen LogP) is 3.29. The standard InChI is InChI=1S/C24H36FN3O5/c1-4-24(5-2,23(30)31-6-3)27-21(29)19-10-11-20(22(26-19)33-16-17-8-9-17)28-14-18(15-28)32-13-7-12-25/h10-11,17-18H,4-9,12-16H2,1-3H3,(H,27,29). The third kappa shape index (κ3) is 6.34. The van der Waals surface area contributed by atoms with Crippen LogP contribution >= 0.6 is 0 Å². The van der Waals surface area contributed by atoms with Gasteiger partial charge in [-0.3, -0.25) is 9.18 Å². The Hall–Kier alpha value is -2.42. The van der Waals surface area contributed by atoms with Gasteiger partial charge in [0.1, 0.15) is 16.9 Å². The smallest absolute Gasteiger partial charge is 0.331 e. The van der Waals surface area contributed by atoms with Crippen molar-refractivity contribution in [2.45, 2.75) is 64.5 Å². The SMILES string of the molecule is CCOC(=O)C(CC)(CC)NC(=O)c1ccc(N2CC(OCCCF)C2)c(OCC2CC2)n1. The molecule has 0 spiro atoms. The van der Waals surface area contributed by atoms with Crippen LogP contribution in [0.2, 0.25) is 0 Å². The van der Waals surface area contributed by atoms with Gasteiger partial charge in [-0.05, 0) is 57.1 Å². The van der Waals surface area contributed by atoms with E-state index in [1.54, 1.807) is 13.0 Å². The van der Waals surface area contributed by atoms with Crippen LogP contribution in [0.4, 0.5) is 10.1 Å². The van der Waals surface area contributed by atoms with E-state index in [1.165, 1.54) is 0 Å². The van der Waals surface area contributed by atoms with Gasteiger partial charge in [0, 0.05) is 19.7 Å². The number of nitrogens with zero attached hydrogens (tertiary/aromatic N) is 2. The van der Waals surface area contributed by atoms with Crippen LogP contribution in [0.3, 0.4) is 0 Å². The molecule has 1 aliphatic carbocycles. The number of amides is 1. The summed E-state index contributed by atoms with van der Waals surface area (Å²) >= 11 is 0. The van der Waals surface area contributed by atoms with Gasteiger partial charge in [-0.1, -0.05) is 13.8 Å². The van der Waals surface area contributed by atoms with Gasteiger partial charge in [0.15, 0.2) is 0 Å². The van der Waals surface area contributed by atoms with Gasteiger partial charge < -0.3 is 24.4 Å². The van der Waals surface area contributed by atoms with E-state index in [1.807, 2.05) is 19.9 Å². The first kappa shape index (κ1) is 25.2. The maximum Gasteiger partial charge on any atom is 0.331 e. The largest absolute Gasteiger partial charge is 0.476 e. The minimum absolute atomic E-state index is 0.0510. The van der Waals surface area contributed by atoms with Crippen molar-refractivity contribution in [3.05, 3.63) is 17.8 Å². The quantitative estimate of drug-likeness (QED) is 0.333. The van der Waals surface area contributed by atoms with E-state index in [-0.39, 0.29) is 25.1 Å². The minimum Gasteiger partial charge on any atom is -0.476 e. The maximum atomic E-state index is 13.1. The summed E-state index contributed by atoms with van der Waals surface area (Å²) in [5.74, 6) is 0.0589. The number of alkyl halides is 1. The highest BCUT2D eigenvalue weighted by atomic mass is 19.1. The fraction of sp³-hybridized carbons (Fsp3) is 0.708. The molecule has 1 aliphatic heterocycles. The van der Waals surface area contributed by atoms with Crippen molar-refractivity contribution in [2.24, 2.45) is 5.92 Å². The Labute approximate surface area is 195 Å². The monoisotopic (exact) mass is 465 g/mol. The van der Waals surface area contributed by atoms with Crippen LogP contribution < -0.4 is 15.0 Å². The van der Waals surface area contributed by atoms with Crippen LogP contribution in [-0.4, -0.2) is 68.1 Å². The first-order chi connectivity index (χ1) is 16.0. The van der Waals surface area contributed by atoms with E-state index < -0.39 is 17.4 Å². The van der Waals surface area contributed by atoms with Crippen molar-refractivity contribution < 1.29 is 28.2 Å². The van der Waals surface area contributed by atoms with Gasteiger partial charge in [0.2, 0.25) is 5.88 Å². The Bertz CT molecular complexity index is 807. The Morgan fingerprint density at radius 3 is 2.55 bits per heavy atom. The Kier molecular flexibility index (Phi) is 8.88. The molecule has 8 nitrogen and oxygen atoms in total. The third-order valence-corrected chi connectivity index (χ3v) is 6.27. The van der Waals surface area contributed by atoms with Crippen molar-refractivity contribution in [3.63, 3.8) is 0 Å². The lowest BCUT2D eigenvalue weighted by Crippen LogP contribution is -2.54. The fourth-order valence-electron chi connectivity index (χ4n) is 3.75. The van der Waals surface area contributed by atoms with Crippen LogP contribution in [0.5, 0.6) is 5.88 Å². The van der Waals surface area contributed by atoms with Gasteiger partial charge >= 0.3 is 5.97 Å². The number of pyridine rings is 1. The summed E-state index contributed by atoms with van der Waals surface area (Å²) < 4.78 is 29.1. The molecule has 1 aromatic rings. The van der Waals surface area contributed by atoms with Crippen LogP contribution in [0.15, 0.2) is 12.1 Å². The number of carbonyl (C=O) groups is 2. The van der Waals surface area contributed by atoms with E-state index in [0.717, 1.165) is 18.5 Å². The molecule has 1 aromatic heterocycles. The van der Waals surface area contributed by atoms with Crippen molar-refractivity contribution in [3.8, 4) is 5.88 Å². The second-order valence-electron chi connectivity index (χ2n) is 8.68. The highest BCUT2D eigenvalue weighted by Gasteiger charge is 2.39. The number of rotatable bonds is 14. The van der Waals surface area contributed by atoms with E-state index in [4.69, 9.17) is 14.2 Å². The molecule has 9 heteroatoms. The molecule has 33 heavy (non-hydrogen) atoms. The lowest BCUT2D eigenvalue weighted by Gasteiger charge is -2.41. The summed E-state index contributed by atoms with van der Waals surface area (Å²) in [6, 6.07) is 3.47. The first-order valence-electron chi connectivity index (χ1n) is 12.0. The zero-order valence-electron chi connectivity index (χ0n) is 19.9. The molecule has 1 N–H and O–H groups in total. The van der Waals surface area contributed by atoms with Gasteiger partial charge in [-0.25, -0.2) is 9.78 Å². The molecule has 1 saturated heterocycles. The van der Waals surface area contributed by atoms with Crippen LogP contribution in [-0.2, 0) is 14.3 Å². The molecule has 1 saturated carbocycles. The zero-order valence-corrected chi connectivity index (χ0v) is 19.9. The number of anilines is 1. The lowest BCUT2D eigenvalue weighted by atomic mass is 9.92. The number of ether oxygens (including phenoxy) is 3. The second-order valence-corrected chi connectivity index (χ2v) is 8.68. The highest BCUT2D eigenvalue weighted by Crippen LogP contribution is 2.34. The number of hydrogen-bond donors (Lipinski definition) is 1. The summed E-state index contributed by atoms with van der Waals surface area (Å²) in [6.07, 6.45) is 3.55. The number of hydrogen-bond acceptors (Lipinski definition) is 7. The van der Waals surface area contributed by atoms with Crippen molar-refractivity contribution in [2.75, 3.05) is 44.5 Å². The Balaban J connectivity index is 1.72. The average Bonchev–Trinajstić information content (AvgIpc) is 3.62. The number of halogens is 1. The molecule has 0 aromatic carbocycles. The zero-order chi connectivity index (χ0) is 23.8. The number of carbonyl (C=O) groups excluding carboxylic acids is 2. The molecule has 1 amide bonds. The van der Waals surface area contributed by atoms with Gasteiger partial charge in [-0.2, -0.15) is 0 Å². The van der Waals surface area contributed by atoms with Crippen molar-refractivity contribution in [1.29, 1.82) is 0 Å². The van der Waals surface area contributed by atoms with Gasteiger partial charge in [-0.15, -0.1) is 0 Å². The number of aromatic nitrogens is 1. The molecular formula is C24H36FN3O5. The highest BCUT2D eigenvalue weighted by molar-refractivity contribution is 5.97. The third-order valence-electron chi connectivity index (χ3n) is 6.27. The van der Waals surface area contributed by atoms with Crippen LogP contribution in [0.25, 0.3) is 0 Å². The summed E-state index contributed by atoms with van der Waals surface area (Å²) in [5, 5.41) is 2.85. The van der Waals surface area contributed by atoms with E-state index >= 15 is 0 Å². The van der Waals surface area contributed by atoms with Gasteiger partial charge in [0.05, 0.1) is 26.0 Å². The predicted molar refractivity (Wildman–Crippen MR) is 122 cm³/mol. The molecule has 184 valence electrons. The topological polar surface area (TPSA) is 90.0 Å². The molecule has 0 radical (unpaired) electrons. The van der Waals surface area contributed by atoms with Crippen molar-refractivity contribution in [1.82, 2.24) is 10.3 Å². The van der Waals surface area contributed by atoms with Crippen LogP contribution in [0.1, 0.15) is 63.4 Å². The first-order valence-corrected chi connectivity index (χ1v) is 12.0. The van der Waals surface area contributed by atoms with E-state index in [2.05, 4.69) is 15.2 Å². The summed E-state index contributed by atoms with van der Waals surface area (Å²) in [5.41, 5.74) is -0.0963. The molecule has 0 bridgehead atoms. The second kappa shape index (κ2) is 11.6. The summed E-state index contributed by atoms with van der Waals surface area (Å²) in [6.45, 7) is 7.60. The normalized spacial score (nSPS) is 16.3. The molecule has 3 rings (SSSR count). The van der Waals surface area contributed by atoms with Crippen LogP contribution in [0, 0.1) is 5.92 Å². The molecule has 2 aliphatic rings. The number of nitrogens with one attached hydrogen (secondary N) is 1. The molecule has 2 fully saturated rings.